The molecule has 192 valence electrons. The molecule has 3 N–H and O–H groups in total. The summed E-state index contributed by atoms with van der Waals surface area (Å²) in [7, 11) is 2.17. The molecule has 0 bridgehead atoms. The van der Waals surface area contributed by atoms with Crippen LogP contribution in [-0.4, -0.2) is 42.5 Å². The Morgan fingerprint density at radius 3 is 2.36 bits per heavy atom. The number of nitrogens with zero attached hydrogens (tertiary/aromatic N) is 3. The normalized spacial score (nSPS) is 18.7. The van der Waals surface area contributed by atoms with Crippen LogP contribution < -0.4 is 11.1 Å². The quantitative estimate of drug-likeness (QED) is 0.460. The third kappa shape index (κ3) is 8.85. The van der Waals surface area contributed by atoms with Gasteiger partial charge in [0.25, 0.3) is 0 Å². The SMILES string of the molecule is C=C(NCc1ccccc1)C1CCCN1C.C=CCC1=NN=C(CN)C1.Fc1ccccc1C1CC1. The van der Waals surface area contributed by atoms with Crippen LogP contribution in [-0.2, 0) is 6.54 Å². The molecule has 0 aromatic heterocycles. The molecule has 1 saturated heterocycles. The summed E-state index contributed by atoms with van der Waals surface area (Å²) in [6, 6.07) is 18.0. The van der Waals surface area contributed by atoms with Crippen molar-refractivity contribution in [1.29, 1.82) is 0 Å². The molecule has 1 unspecified atom stereocenters. The Labute approximate surface area is 215 Å². The van der Waals surface area contributed by atoms with Crippen LogP contribution in [0.15, 0.2) is 89.7 Å². The summed E-state index contributed by atoms with van der Waals surface area (Å²) in [4.78, 5) is 2.38. The Bertz CT molecular complexity index is 1040. The van der Waals surface area contributed by atoms with E-state index in [-0.39, 0.29) is 5.82 Å². The highest BCUT2D eigenvalue weighted by Crippen LogP contribution is 2.40. The third-order valence-electron chi connectivity index (χ3n) is 6.56. The average molecular weight is 490 g/mol. The molecule has 2 aliphatic heterocycles. The van der Waals surface area contributed by atoms with Crippen LogP contribution in [0.5, 0.6) is 0 Å². The summed E-state index contributed by atoms with van der Waals surface area (Å²) in [5.41, 5.74) is 10.8. The summed E-state index contributed by atoms with van der Waals surface area (Å²) < 4.78 is 12.9. The second-order valence-electron chi connectivity index (χ2n) is 9.50. The molecular weight excluding hydrogens is 449 g/mol. The van der Waals surface area contributed by atoms with E-state index in [9.17, 15) is 4.39 Å². The maximum atomic E-state index is 12.9. The van der Waals surface area contributed by atoms with Gasteiger partial charge in [0.05, 0.1) is 11.4 Å². The predicted molar refractivity (Wildman–Crippen MR) is 150 cm³/mol. The van der Waals surface area contributed by atoms with E-state index in [0.29, 0.717) is 18.5 Å². The smallest absolute Gasteiger partial charge is 0.126 e. The van der Waals surface area contributed by atoms with Crippen molar-refractivity contribution in [1.82, 2.24) is 10.2 Å². The minimum Gasteiger partial charge on any atom is -0.383 e. The first-order chi connectivity index (χ1) is 17.5. The minimum absolute atomic E-state index is 0.0370. The number of allylic oxidation sites excluding steroid dienone is 1. The summed E-state index contributed by atoms with van der Waals surface area (Å²) >= 11 is 0. The first-order valence-electron chi connectivity index (χ1n) is 12.8. The van der Waals surface area contributed by atoms with Crippen molar-refractivity contribution >= 4 is 11.4 Å². The Morgan fingerprint density at radius 1 is 1.08 bits per heavy atom. The molecule has 3 aliphatic rings. The van der Waals surface area contributed by atoms with E-state index in [1.165, 1.54) is 43.9 Å². The van der Waals surface area contributed by atoms with Crippen molar-refractivity contribution in [3.63, 3.8) is 0 Å². The van der Waals surface area contributed by atoms with E-state index >= 15 is 0 Å². The second kappa shape index (κ2) is 14.5. The average Bonchev–Trinajstić information content (AvgIpc) is 3.49. The molecule has 36 heavy (non-hydrogen) atoms. The van der Waals surface area contributed by atoms with Crippen LogP contribution in [0.4, 0.5) is 4.39 Å². The number of likely N-dealkylation sites (tertiary alicyclic amines) is 1. The zero-order valence-corrected chi connectivity index (χ0v) is 21.5. The van der Waals surface area contributed by atoms with Crippen molar-refractivity contribution in [2.45, 2.75) is 57.0 Å². The van der Waals surface area contributed by atoms with Crippen LogP contribution in [0.3, 0.4) is 0 Å². The molecule has 5 rings (SSSR count). The lowest BCUT2D eigenvalue weighted by molar-refractivity contribution is 0.334. The molecule has 6 heteroatoms. The second-order valence-corrected chi connectivity index (χ2v) is 9.50. The molecule has 2 aromatic carbocycles. The van der Waals surface area contributed by atoms with Crippen LogP contribution in [0, 0.1) is 5.82 Å². The lowest BCUT2D eigenvalue weighted by Gasteiger charge is -2.22. The number of hydrogen-bond donors (Lipinski definition) is 2. The van der Waals surface area contributed by atoms with Gasteiger partial charge in [0.2, 0.25) is 0 Å². The van der Waals surface area contributed by atoms with Crippen molar-refractivity contribution < 1.29 is 4.39 Å². The summed E-state index contributed by atoms with van der Waals surface area (Å²) in [5.74, 6) is 0.492. The zero-order chi connectivity index (χ0) is 25.8. The van der Waals surface area contributed by atoms with Gasteiger partial charge in [0.15, 0.2) is 0 Å². The molecule has 2 heterocycles. The van der Waals surface area contributed by atoms with Crippen molar-refractivity contribution in [2.75, 3.05) is 20.1 Å². The van der Waals surface area contributed by atoms with Gasteiger partial charge in [-0.2, -0.15) is 10.2 Å². The minimum atomic E-state index is -0.0370. The van der Waals surface area contributed by atoms with Gasteiger partial charge >= 0.3 is 0 Å². The molecule has 1 atom stereocenters. The first-order valence-corrected chi connectivity index (χ1v) is 12.8. The number of benzene rings is 2. The Balaban J connectivity index is 0.000000157. The monoisotopic (exact) mass is 489 g/mol. The summed E-state index contributed by atoms with van der Waals surface area (Å²) in [6.45, 7) is 10.3. The Morgan fingerprint density at radius 2 is 1.78 bits per heavy atom. The van der Waals surface area contributed by atoms with Gasteiger partial charge in [-0.05, 0) is 62.4 Å². The van der Waals surface area contributed by atoms with Gasteiger partial charge in [-0.15, -0.1) is 6.58 Å². The fraction of sp³-hybridized carbons (Fsp3) is 0.400. The Kier molecular flexibility index (Phi) is 11.0. The molecule has 2 fully saturated rings. The lowest BCUT2D eigenvalue weighted by Crippen LogP contribution is -2.32. The van der Waals surface area contributed by atoms with E-state index in [1.807, 2.05) is 24.3 Å². The molecule has 0 radical (unpaired) electrons. The lowest BCUT2D eigenvalue weighted by atomic mass is 10.1. The zero-order valence-electron chi connectivity index (χ0n) is 21.5. The van der Waals surface area contributed by atoms with Gasteiger partial charge in [-0.25, -0.2) is 4.39 Å². The van der Waals surface area contributed by atoms with Crippen molar-refractivity contribution in [3.8, 4) is 0 Å². The number of halogens is 1. The fourth-order valence-corrected chi connectivity index (χ4v) is 4.32. The molecule has 5 nitrogen and oxygen atoms in total. The highest BCUT2D eigenvalue weighted by Gasteiger charge is 2.25. The topological polar surface area (TPSA) is 66.0 Å². The number of nitrogens with two attached hydrogens (primary N) is 1. The summed E-state index contributed by atoms with van der Waals surface area (Å²) in [5, 5.41) is 11.3. The number of likely N-dealkylation sites (N-methyl/N-ethyl adjacent to an activating group) is 1. The highest BCUT2D eigenvalue weighted by molar-refractivity contribution is 6.08. The maximum Gasteiger partial charge on any atom is 0.126 e. The van der Waals surface area contributed by atoms with Crippen LogP contribution in [0.1, 0.15) is 55.6 Å². The first kappa shape index (κ1) is 27.5. The van der Waals surface area contributed by atoms with Gasteiger partial charge in [-0.3, -0.25) is 4.90 Å². The van der Waals surface area contributed by atoms with E-state index in [4.69, 9.17) is 5.73 Å². The van der Waals surface area contributed by atoms with Gasteiger partial charge in [0.1, 0.15) is 5.82 Å². The van der Waals surface area contributed by atoms with E-state index in [0.717, 1.165) is 42.1 Å². The highest BCUT2D eigenvalue weighted by atomic mass is 19.1. The Hall–Kier alpha value is -3.09. The van der Waals surface area contributed by atoms with Crippen molar-refractivity contribution in [2.24, 2.45) is 15.9 Å². The number of hydrogen-bond acceptors (Lipinski definition) is 5. The number of rotatable bonds is 8. The van der Waals surface area contributed by atoms with E-state index in [1.54, 1.807) is 6.07 Å². The van der Waals surface area contributed by atoms with E-state index in [2.05, 4.69) is 64.9 Å². The largest absolute Gasteiger partial charge is 0.383 e. The van der Waals surface area contributed by atoms with Crippen LogP contribution in [0.2, 0.25) is 0 Å². The molecule has 1 aliphatic carbocycles. The fourth-order valence-electron chi connectivity index (χ4n) is 4.32. The molecule has 0 amide bonds. The molecule has 0 spiro atoms. The van der Waals surface area contributed by atoms with E-state index < -0.39 is 0 Å². The van der Waals surface area contributed by atoms with Gasteiger partial charge in [0, 0.05) is 37.7 Å². The number of nitrogens with one attached hydrogen (secondary N) is 1. The standard InChI is InChI=1S/C14H20N2.C9H9F.C7H11N3/c1-12(14-9-6-10-16(14)2)15-11-13-7-4-3-5-8-13;10-9-4-2-1-3-8(9)7-5-6-7;1-2-3-6-4-7(5-8)10-9-6/h3-5,7-8,14-15H,1,6,9-11H2,2H3;1-4,7H,5-6H2;2H,1,3-5,8H2. The van der Waals surface area contributed by atoms with Gasteiger partial charge in [-0.1, -0.05) is 61.2 Å². The third-order valence-corrected chi connectivity index (χ3v) is 6.56. The molecule has 1 saturated carbocycles. The van der Waals surface area contributed by atoms with Gasteiger partial charge < -0.3 is 11.1 Å². The molecule has 2 aromatic rings. The van der Waals surface area contributed by atoms with Crippen molar-refractivity contribution in [3.05, 3.63) is 96.5 Å². The maximum absolute atomic E-state index is 12.9. The predicted octanol–water partition coefficient (Wildman–Crippen LogP) is 5.81. The van der Waals surface area contributed by atoms with Crippen LogP contribution >= 0.6 is 0 Å². The van der Waals surface area contributed by atoms with Crippen LogP contribution in [0.25, 0.3) is 0 Å². The summed E-state index contributed by atoms with van der Waals surface area (Å²) in [6.07, 6.45) is 8.34. The molecular formula is C30H40FN5.